The van der Waals surface area contributed by atoms with Gasteiger partial charge in [0.05, 0.1) is 11.3 Å². The summed E-state index contributed by atoms with van der Waals surface area (Å²) in [7, 11) is 0. The highest BCUT2D eigenvalue weighted by molar-refractivity contribution is 5.58. The Bertz CT molecular complexity index is 465. The molecule has 0 aliphatic heterocycles. The number of benzene rings is 1. The largest absolute Gasteiger partial charge is 0.356 e. The van der Waals surface area contributed by atoms with E-state index in [1.165, 1.54) is 0 Å². The van der Waals surface area contributed by atoms with Gasteiger partial charge in [-0.05, 0) is 25.1 Å². The van der Waals surface area contributed by atoms with E-state index in [4.69, 9.17) is 4.52 Å². The summed E-state index contributed by atoms with van der Waals surface area (Å²) in [4.78, 5) is 0. The number of aryl methyl sites for hydroxylation is 1. The lowest BCUT2D eigenvalue weighted by molar-refractivity contribution is 0.424. The molecule has 0 radical (unpaired) electrons. The molecule has 0 unspecified atom stereocenters. The first-order valence-corrected chi connectivity index (χ1v) is 4.05. The smallest absolute Gasteiger partial charge is 0.170 e. The van der Waals surface area contributed by atoms with Crippen molar-refractivity contribution in [2.24, 2.45) is 0 Å². The summed E-state index contributed by atoms with van der Waals surface area (Å²) in [5.41, 5.74) is 0.717. The fourth-order valence-electron chi connectivity index (χ4n) is 1.18. The van der Waals surface area contributed by atoms with Crippen LogP contribution >= 0.6 is 0 Å². The molecule has 2 nitrogen and oxygen atoms in total. The molecule has 2 rings (SSSR count). The van der Waals surface area contributed by atoms with Gasteiger partial charge in [0.2, 0.25) is 0 Å². The molecule has 0 saturated heterocycles. The quantitative estimate of drug-likeness (QED) is 0.699. The van der Waals surface area contributed by atoms with Gasteiger partial charge in [-0.25, -0.2) is 8.78 Å². The molecule has 0 bridgehead atoms. The van der Waals surface area contributed by atoms with Crippen LogP contribution in [0, 0.1) is 18.6 Å². The number of hydrogen-bond donors (Lipinski definition) is 0. The maximum absolute atomic E-state index is 13.2. The van der Waals surface area contributed by atoms with Crippen LogP contribution in [-0.4, -0.2) is 5.16 Å². The molecule has 14 heavy (non-hydrogen) atoms. The first-order chi connectivity index (χ1) is 6.66. The summed E-state index contributed by atoms with van der Waals surface area (Å²) >= 11 is 0. The van der Waals surface area contributed by atoms with Gasteiger partial charge in [-0.1, -0.05) is 5.16 Å². The Morgan fingerprint density at radius 1 is 1.21 bits per heavy atom. The molecule has 1 aromatic carbocycles. The third-order valence-electron chi connectivity index (χ3n) is 1.82. The predicted octanol–water partition coefficient (Wildman–Crippen LogP) is 2.93. The van der Waals surface area contributed by atoms with E-state index in [1.54, 1.807) is 13.0 Å². The molecule has 0 amide bonds. The summed E-state index contributed by atoms with van der Waals surface area (Å²) in [5, 5.41) is 3.60. The molecule has 0 N–H and O–H groups in total. The van der Waals surface area contributed by atoms with Gasteiger partial charge in [0.1, 0.15) is 11.6 Å². The number of hydrogen-bond acceptors (Lipinski definition) is 2. The van der Waals surface area contributed by atoms with Crippen LogP contribution in [0.4, 0.5) is 8.78 Å². The van der Waals surface area contributed by atoms with Crippen molar-refractivity contribution in [2.45, 2.75) is 6.92 Å². The van der Waals surface area contributed by atoms with Gasteiger partial charge in [0.25, 0.3) is 0 Å². The Morgan fingerprint density at radius 3 is 2.64 bits per heavy atom. The van der Waals surface area contributed by atoms with Crippen LogP contribution in [0.2, 0.25) is 0 Å². The van der Waals surface area contributed by atoms with Crippen LogP contribution in [0.3, 0.4) is 0 Å². The van der Waals surface area contributed by atoms with Gasteiger partial charge < -0.3 is 4.52 Å². The zero-order valence-electron chi connectivity index (χ0n) is 7.42. The summed E-state index contributed by atoms with van der Waals surface area (Å²) in [6.07, 6.45) is 0. The molecule has 4 heteroatoms. The molecule has 0 fully saturated rings. The van der Waals surface area contributed by atoms with E-state index in [1.807, 2.05) is 0 Å². The van der Waals surface area contributed by atoms with E-state index in [0.29, 0.717) is 5.69 Å². The normalized spacial score (nSPS) is 10.5. The highest BCUT2D eigenvalue weighted by Crippen LogP contribution is 2.23. The van der Waals surface area contributed by atoms with Crippen LogP contribution < -0.4 is 0 Å². The third kappa shape index (κ3) is 1.51. The lowest BCUT2D eigenvalue weighted by atomic mass is 10.1. The molecule has 2 aromatic rings. The van der Waals surface area contributed by atoms with Crippen LogP contribution in [0.1, 0.15) is 5.69 Å². The maximum atomic E-state index is 13.2. The van der Waals surface area contributed by atoms with E-state index in [-0.39, 0.29) is 11.3 Å². The van der Waals surface area contributed by atoms with Gasteiger partial charge in [-0.2, -0.15) is 0 Å². The van der Waals surface area contributed by atoms with E-state index in [9.17, 15) is 8.78 Å². The second-order valence-electron chi connectivity index (χ2n) is 2.96. The van der Waals surface area contributed by atoms with Gasteiger partial charge in [-0.15, -0.1) is 0 Å². The highest BCUT2D eigenvalue weighted by atomic mass is 19.1. The highest BCUT2D eigenvalue weighted by Gasteiger charge is 2.10. The SMILES string of the molecule is Cc1cc(-c2cc(F)ccc2F)on1. The Balaban J connectivity index is 2.55. The Labute approximate surface area is 79.1 Å². The topological polar surface area (TPSA) is 26.0 Å². The first-order valence-electron chi connectivity index (χ1n) is 4.05. The van der Waals surface area contributed by atoms with Crippen molar-refractivity contribution in [3.63, 3.8) is 0 Å². The number of halogens is 2. The van der Waals surface area contributed by atoms with Crippen LogP contribution in [-0.2, 0) is 0 Å². The summed E-state index contributed by atoms with van der Waals surface area (Å²) < 4.78 is 30.9. The second kappa shape index (κ2) is 3.21. The molecule has 0 aliphatic rings. The third-order valence-corrected chi connectivity index (χ3v) is 1.82. The van der Waals surface area contributed by atoms with Gasteiger partial charge in [0, 0.05) is 6.07 Å². The van der Waals surface area contributed by atoms with Gasteiger partial charge in [0.15, 0.2) is 5.76 Å². The first kappa shape index (κ1) is 8.87. The van der Waals surface area contributed by atoms with Gasteiger partial charge >= 0.3 is 0 Å². The zero-order valence-corrected chi connectivity index (χ0v) is 7.42. The Kier molecular flexibility index (Phi) is 2.04. The van der Waals surface area contributed by atoms with Crippen LogP contribution in [0.25, 0.3) is 11.3 Å². The minimum absolute atomic E-state index is 0.0885. The van der Waals surface area contributed by atoms with E-state index >= 15 is 0 Å². The molecule has 0 spiro atoms. The zero-order chi connectivity index (χ0) is 10.1. The standard InChI is InChI=1S/C10H7F2NO/c1-6-4-10(14-13-6)8-5-7(11)2-3-9(8)12/h2-5H,1H3. The summed E-state index contributed by atoms with van der Waals surface area (Å²) in [6, 6.07) is 4.75. The number of rotatable bonds is 1. The molecule has 1 heterocycles. The Morgan fingerprint density at radius 2 is 2.00 bits per heavy atom. The monoisotopic (exact) mass is 195 g/mol. The van der Waals surface area contributed by atoms with Crippen LogP contribution in [0.5, 0.6) is 0 Å². The predicted molar refractivity (Wildman–Crippen MR) is 46.6 cm³/mol. The van der Waals surface area contributed by atoms with Crippen LogP contribution in [0.15, 0.2) is 28.8 Å². The average molecular weight is 195 g/mol. The summed E-state index contributed by atoms with van der Waals surface area (Å²) in [5.74, 6) is -0.794. The molecule has 0 saturated carbocycles. The van der Waals surface area contributed by atoms with Crippen molar-refractivity contribution in [3.05, 3.63) is 41.6 Å². The summed E-state index contributed by atoms with van der Waals surface area (Å²) in [6.45, 7) is 1.71. The molecule has 72 valence electrons. The van der Waals surface area contributed by atoms with Crippen molar-refractivity contribution in [1.82, 2.24) is 5.16 Å². The molecule has 0 aliphatic carbocycles. The van der Waals surface area contributed by atoms with E-state index < -0.39 is 11.6 Å². The second-order valence-corrected chi connectivity index (χ2v) is 2.96. The molecular formula is C10H7F2NO. The fraction of sp³-hybridized carbons (Fsp3) is 0.100. The maximum Gasteiger partial charge on any atom is 0.170 e. The minimum Gasteiger partial charge on any atom is -0.356 e. The Hall–Kier alpha value is -1.71. The van der Waals surface area contributed by atoms with Gasteiger partial charge in [-0.3, -0.25) is 0 Å². The van der Waals surface area contributed by atoms with Crippen molar-refractivity contribution in [2.75, 3.05) is 0 Å². The molecular weight excluding hydrogens is 188 g/mol. The number of nitrogens with zero attached hydrogens (tertiary/aromatic N) is 1. The van der Waals surface area contributed by atoms with Crippen molar-refractivity contribution < 1.29 is 13.3 Å². The fourth-order valence-corrected chi connectivity index (χ4v) is 1.18. The number of aromatic nitrogens is 1. The molecule has 0 atom stereocenters. The van der Waals surface area contributed by atoms with Crippen molar-refractivity contribution in [3.8, 4) is 11.3 Å². The van der Waals surface area contributed by atoms with Crippen molar-refractivity contribution in [1.29, 1.82) is 0 Å². The lowest BCUT2D eigenvalue weighted by Gasteiger charge is -1.97. The van der Waals surface area contributed by atoms with E-state index in [0.717, 1.165) is 18.2 Å². The molecule has 1 aromatic heterocycles. The lowest BCUT2D eigenvalue weighted by Crippen LogP contribution is -1.84. The minimum atomic E-state index is -0.525. The average Bonchev–Trinajstić information content (AvgIpc) is 2.56. The van der Waals surface area contributed by atoms with Crippen molar-refractivity contribution >= 4 is 0 Å². The van der Waals surface area contributed by atoms with E-state index in [2.05, 4.69) is 5.16 Å².